The molecule has 1 saturated heterocycles. The Morgan fingerprint density at radius 2 is 2.11 bits per heavy atom. The first-order valence-electron chi connectivity index (χ1n) is 6.91. The van der Waals surface area contributed by atoms with Gasteiger partial charge in [-0.1, -0.05) is 0 Å². The van der Waals surface area contributed by atoms with Gasteiger partial charge in [0.05, 0.1) is 0 Å². The molecule has 2 unspecified atom stereocenters. The molecule has 0 aliphatic carbocycles. The monoisotopic (exact) mass is 261 g/mol. The molecule has 1 aliphatic rings. The van der Waals surface area contributed by atoms with Crippen molar-refractivity contribution in [2.75, 3.05) is 25.5 Å². The molecular weight excluding hydrogens is 238 g/mol. The van der Waals surface area contributed by atoms with Crippen molar-refractivity contribution in [3.05, 3.63) is 29.8 Å². The van der Waals surface area contributed by atoms with E-state index in [-0.39, 0.29) is 5.91 Å². The maximum atomic E-state index is 11.0. The maximum absolute atomic E-state index is 11.0. The summed E-state index contributed by atoms with van der Waals surface area (Å²) in [5.74, 6) is 0.295. The molecule has 19 heavy (non-hydrogen) atoms. The number of benzene rings is 1. The molecule has 0 bridgehead atoms. The molecule has 1 heterocycles. The summed E-state index contributed by atoms with van der Waals surface area (Å²) in [6.07, 6.45) is 2.55. The number of hydrogen-bond donors (Lipinski definition) is 2. The quantitative estimate of drug-likeness (QED) is 0.870. The third-order valence-corrected chi connectivity index (χ3v) is 3.93. The van der Waals surface area contributed by atoms with Crippen molar-refractivity contribution in [1.29, 1.82) is 0 Å². The van der Waals surface area contributed by atoms with Crippen LogP contribution < -0.4 is 11.1 Å². The number of hydrogen-bond acceptors (Lipinski definition) is 3. The zero-order chi connectivity index (χ0) is 13.8. The lowest BCUT2D eigenvalue weighted by atomic mass is 9.91. The van der Waals surface area contributed by atoms with Gasteiger partial charge in [-0.2, -0.15) is 0 Å². The molecule has 2 rings (SSSR count). The summed E-state index contributed by atoms with van der Waals surface area (Å²) in [6.45, 7) is 4.58. The van der Waals surface area contributed by atoms with E-state index in [1.807, 2.05) is 12.1 Å². The number of nitrogens with two attached hydrogens (primary N) is 1. The van der Waals surface area contributed by atoms with E-state index in [0.717, 1.165) is 12.2 Å². The third kappa shape index (κ3) is 3.70. The number of piperidine rings is 1. The average molecular weight is 261 g/mol. The summed E-state index contributed by atoms with van der Waals surface area (Å²) in [5.41, 5.74) is 6.83. The standard InChI is InChI=1S/C15H23N3O/c1-11(13-4-3-9-18(2)10-13)17-14-7-5-12(6-8-14)15(16)19/h5-8,11,13,17H,3-4,9-10H2,1-2H3,(H2,16,19). The number of nitrogens with zero attached hydrogens (tertiary/aromatic N) is 1. The van der Waals surface area contributed by atoms with Gasteiger partial charge in [0.15, 0.2) is 0 Å². The predicted molar refractivity (Wildman–Crippen MR) is 78.3 cm³/mol. The second-order valence-electron chi connectivity index (χ2n) is 5.54. The van der Waals surface area contributed by atoms with Gasteiger partial charge < -0.3 is 16.0 Å². The minimum Gasteiger partial charge on any atom is -0.382 e. The summed E-state index contributed by atoms with van der Waals surface area (Å²) < 4.78 is 0. The van der Waals surface area contributed by atoms with Crippen molar-refractivity contribution in [2.45, 2.75) is 25.8 Å². The van der Waals surface area contributed by atoms with E-state index in [9.17, 15) is 4.79 Å². The molecule has 1 aromatic rings. The second-order valence-corrected chi connectivity index (χ2v) is 5.54. The van der Waals surface area contributed by atoms with Gasteiger partial charge in [0.25, 0.3) is 0 Å². The van der Waals surface area contributed by atoms with Crippen LogP contribution in [0.1, 0.15) is 30.1 Å². The molecular formula is C15H23N3O. The number of anilines is 1. The molecule has 3 N–H and O–H groups in total. The predicted octanol–water partition coefficient (Wildman–Crippen LogP) is 1.93. The van der Waals surface area contributed by atoms with E-state index in [4.69, 9.17) is 5.73 Å². The average Bonchev–Trinajstić information content (AvgIpc) is 2.39. The van der Waals surface area contributed by atoms with Crippen LogP contribution in [-0.2, 0) is 0 Å². The van der Waals surface area contributed by atoms with Crippen LogP contribution in [0.15, 0.2) is 24.3 Å². The number of likely N-dealkylation sites (tertiary alicyclic amines) is 1. The van der Waals surface area contributed by atoms with Gasteiger partial charge in [-0.25, -0.2) is 0 Å². The van der Waals surface area contributed by atoms with Gasteiger partial charge >= 0.3 is 0 Å². The maximum Gasteiger partial charge on any atom is 0.248 e. The molecule has 4 heteroatoms. The Kier molecular flexibility index (Phi) is 4.43. The Balaban J connectivity index is 1.94. The number of rotatable bonds is 4. The summed E-state index contributed by atoms with van der Waals surface area (Å²) in [5, 5.41) is 3.52. The molecule has 1 aliphatic heterocycles. The molecule has 1 amide bonds. The topological polar surface area (TPSA) is 58.4 Å². The first-order valence-corrected chi connectivity index (χ1v) is 6.91. The van der Waals surface area contributed by atoms with Crippen LogP contribution in [0.25, 0.3) is 0 Å². The first-order chi connectivity index (χ1) is 9.06. The van der Waals surface area contributed by atoms with Crippen molar-refractivity contribution in [3.8, 4) is 0 Å². The fourth-order valence-corrected chi connectivity index (χ4v) is 2.73. The molecule has 4 nitrogen and oxygen atoms in total. The number of amides is 1. The second kappa shape index (κ2) is 6.06. The van der Waals surface area contributed by atoms with Crippen LogP contribution in [0.2, 0.25) is 0 Å². The summed E-state index contributed by atoms with van der Waals surface area (Å²) in [7, 11) is 2.18. The van der Waals surface area contributed by atoms with Gasteiger partial charge in [-0.05, 0) is 63.5 Å². The lowest BCUT2D eigenvalue weighted by Crippen LogP contribution is -2.39. The first kappa shape index (κ1) is 13.9. The van der Waals surface area contributed by atoms with Gasteiger partial charge in [-0.3, -0.25) is 4.79 Å². The molecule has 0 aromatic heterocycles. The number of primary amides is 1. The minimum atomic E-state index is -0.381. The van der Waals surface area contributed by atoms with Crippen LogP contribution in [0.5, 0.6) is 0 Å². The van der Waals surface area contributed by atoms with E-state index in [1.165, 1.54) is 19.4 Å². The van der Waals surface area contributed by atoms with E-state index in [2.05, 4.69) is 24.2 Å². The lowest BCUT2D eigenvalue weighted by molar-refractivity contribution is 0.100. The highest BCUT2D eigenvalue weighted by molar-refractivity contribution is 5.93. The van der Waals surface area contributed by atoms with Crippen LogP contribution in [-0.4, -0.2) is 37.0 Å². The highest BCUT2D eigenvalue weighted by Crippen LogP contribution is 2.21. The Morgan fingerprint density at radius 3 is 2.68 bits per heavy atom. The molecule has 104 valence electrons. The van der Waals surface area contributed by atoms with Crippen molar-refractivity contribution in [1.82, 2.24) is 4.90 Å². The molecule has 0 radical (unpaired) electrons. The number of carbonyl (C=O) groups is 1. The SMILES string of the molecule is CC(Nc1ccc(C(N)=O)cc1)C1CCCN(C)C1. The Bertz CT molecular complexity index is 430. The summed E-state index contributed by atoms with van der Waals surface area (Å²) >= 11 is 0. The number of nitrogens with one attached hydrogen (secondary N) is 1. The van der Waals surface area contributed by atoms with Crippen LogP contribution in [0.4, 0.5) is 5.69 Å². The Labute approximate surface area is 115 Å². The highest BCUT2D eigenvalue weighted by atomic mass is 16.1. The molecule has 0 saturated carbocycles. The molecule has 1 aromatic carbocycles. The van der Waals surface area contributed by atoms with Crippen molar-refractivity contribution in [2.24, 2.45) is 11.7 Å². The highest BCUT2D eigenvalue weighted by Gasteiger charge is 2.22. The zero-order valence-corrected chi connectivity index (χ0v) is 11.7. The van der Waals surface area contributed by atoms with Gasteiger partial charge in [0.2, 0.25) is 5.91 Å². The lowest BCUT2D eigenvalue weighted by Gasteiger charge is -2.34. The van der Waals surface area contributed by atoms with Crippen molar-refractivity contribution >= 4 is 11.6 Å². The Hall–Kier alpha value is -1.55. The fraction of sp³-hybridized carbons (Fsp3) is 0.533. The van der Waals surface area contributed by atoms with Crippen molar-refractivity contribution < 1.29 is 4.79 Å². The largest absolute Gasteiger partial charge is 0.382 e. The fourth-order valence-electron chi connectivity index (χ4n) is 2.73. The normalized spacial score (nSPS) is 21.9. The minimum absolute atomic E-state index is 0.381. The van der Waals surface area contributed by atoms with E-state index in [1.54, 1.807) is 12.1 Å². The van der Waals surface area contributed by atoms with Crippen LogP contribution >= 0.6 is 0 Å². The van der Waals surface area contributed by atoms with E-state index >= 15 is 0 Å². The smallest absolute Gasteiger partial charge is 0.248 e. The van der Waals surface area contributed by atoms with E-state index in [0.29, 0.717) is 17.5 Å². The van der Waals surface area contributed by atoms with Crippen LogP contribution in [0.3, 0.4) is 0 Å². The molecule has 1 fully saturated rings. The zero-order valence-electron chi connectivity index (χ0n) is 11.7. The van der Waals surface area contributed by atoms with Gasteiger partial charge in [-0.15, -0.1) is 0 Å². The van der Waals surface area contributed by atoms with Crippen molar-refractivity contribution in [3.63, 3.8) is 0 Å². The van der Waals surface area contributed by atoms with Crippen LogP contribution in [0, 0.1) is 5.92 Å². The molecule has 0 spiro atoms. The van der Waals surface area contributed by atoms with E-state index < -0.39 is 0 Å². The summed E-state index contributed by atoms with van der Waals surface area (Å²) in [4.78, 5) is 13.4. The summed E-state index contributed by atoms with van der Waals surface area (Å²) in [6, 6.07) is 7.81. The third-order valence-electron chi connectivity index (χ3n) is 3.93. The number of carbonyl (C=O) groups excluding carboxylic acids is 1. The van der Waals surface area contributed by atoms with Gasteiger partial charge in [0, 0.05) is 23.8 Å². The Morgan fingerprint density at radius 1 is 1.42 bits per heavy atom. The molecule has 2 atom stereocenters. The van der Waals surface area contributed by atoms with Gasteiger partial charge in [0.1, 0.15) is 0 Å².